The van der Waals surface area contributed by atoms with Crippen LogP contribution >= 0.6 is 0 Å². The molecule has 13 heteroatoms. The van der Waals surface area contributed by atoms with Crippen molar-refractivity contribution in [2.45, 2.75) is 12.2 Å². The number of nitrogens with one attached hydrogen (secondary N) is 1. The fourth-order valence-electron chi connectivity index (χ4n) is 2.49. The highest BCUT2D eigenvalue weighted by Crippen LogP contribution is 2.29. The molecule has 28 heavy (non-hydrogen) atoms. The van der Waals surface area contributed by atoms with E-state index < -0.39 is 30.1 Å². The molecular weight excluding hydrogens is 387 g/mol. The molecule has 0 bridgehead atoms. The molecule has 2 N–H and O–H groups in total. The maximum absolute atomic E-state index is 12.5. The Hall–Kier alpha value is -3.22. The van der Waals surface area contributed by atoms with Gasteiger partial charge in [-0.25, -0.2) is 4.79 Å². The van der Waals surface area contributed by atoms with Gasteiger partial charge in [0.2, 0.25) is 5.82 Å². The molecule has 2 amide bonds. The van der Waals surface area contributed by atoms with E-state index in [-0.39, 0.29) is 43.4 Å². The van der Waals surface area contributed by atoms with E-state index in [1.54, 1.807) is 0 Å². The van der Waals surface area contributed by atoms with Gasteiger partial charge in [0, 0.05) is 24.8 Å². The molecule has 1 atom stereocenters. The van der Waals surface area contributed by atoms with Crippen LogP contribution in [0.1, 0.15) is 16.4 Å². The number of hydrogen-bond donors (Lipinski definition) is 2. The molecule has 0 spiro atoms. The number of nitrogens with zero attached hydrogens (tertiary/aromatic N) is 4. The summed E-state index contributed by atoms with van der Waals surface area (Å²) in [5.41, 5.74) is 0.121. The Labute approximate surface area is 155 Å². The number of pyridine rings is 1. The van der Waals surface area contributed by atoms with Crippen LogP contribution in [-0.2, 0) is 10.9 Å². The zero-order valence-corrected chi connectivity index (χ0v) is 14.1. The van der Waals surface area contributed by atoms with Crippen molar-refractivity contribution in [3.05, 3.63) is 29.9 Å². The second kappa shape index (κ2) is 7.80. The summed E-state index contributed by atoms with van der Waals surface area (Å²) in [7, 11) is 0. The number of ether oxygens (including phenoxy) is 1. The Morgan fingerprint density at radius 2 is 2.14 bits per heavy atom. The number of carbonyl (C=O) groups is 2. The van der Waals surface area contributed by atoms with Crippen LogP contribution in [0.3, 0.4) is 0 Å². The normalized spacial score (nSPS) is 17.4. The molecule has 2 aromatic heterocycles. The summed E-state index contributed by atoms with van der Waals surface area (Å²) in [5, 5.41) is 14.9. The first-order valence-electron chi connectivity index (χ1n) is 7.98. The molecule has 3 rings (SSSR count). The van der Waals surface area contributed by atoms with E-state index in [1.165, 1.54) is 17.0 Å². The Morgan fingerprint density at radius 3 is 2.75 bits per heavy atom. The van der Waals surface area contributed by atoms with Gasteiger partial charge in [-0.15, -0.1) is 0 Å². The van der Waals surface area contributed by atoms with E-state index in [1.807, 2.05) is 0 Å². The van der Waals surface area contributed by atoms with Gasteiger partial charge in [0.15, 0.2) is 0 Å². The number of halogens is 3. The number of carboxylic acid groups (broad SMARTS) is 1. The number of rotatable bonds is 4. The first-order valence-corrected chi connectivity index (χ1v) is 7.98. The standard InChI is InChI=1S/C15H14F3N5O5/c16-15(17,18)13-21-11(22-28-13)8-1-2-10(19-5-8)12(24)20-6-9-7-27-4-3-23(9)14(25)26/h1-2,5,9H,3-4,6-7H2,(H,20,24)(H,25,26)/t9-/m0/s1. The molecule has 2 aromatic rings. The number of alkyl halides is 3. The van der Waals surface area contributed by atoms with Crippen molar-refractivity contribution in [1.29, 1.82) is 0 Å². The second-order valence-corrected chi connectivity index (χ2v) is 5.77. The highest BCUT2D eigenvalue weighted by atomic mass is 19.4. The van der Waals surface area contributed by atoms with Crippen molar-refractivity contribution in [3.8, 4) is 11.4 Å². The molecule has 0 radical (unpaired) electrons. The summed E-state index contributed by atoms with van der Waals surface area (Å²) in [6.45, 7) is 0.659. The lowest BCUT2D eigenvalue weighted by atomic mass is 10.2. The van der Waals surface area contributed by atoms with Gasteiger partial charge in [-0.2, -0.15) is 18.2 Å². The number of hydrogen-bond acceptors (Lipinski definition) is 7. The molecule has 0 aliphatic carbocycles. The van der Waals surface area contributed by atoms with Crippen molar-refractivity contribution < 1.29 is 37.1 Å². The predicted molar refractivity (Wildman–Crippen MR) is 84.2 cm³/mol. The molecule has 1 saturated heterocycles. The van der Waals surface area contributed by atoms with Crippen LogP contribution in [0.2, 0.25) is 0 Å². The highest BCUT2D eigenvalue weighted by Gasteiger charge is 2.38. The number of morpholine rings is 1. The minimum atomic E-state index is -4.76. The van der Waals surface area contributed by atoms with Crippen LogP contribution in [0.15, 0.2) is 22.9 Å². The minimum Gasteiger partial charge on any atom is -0.465 e. The second-order valence-electron chi connectivity index (χ2n) is 5.77. The van der Waals surface area contributed by atoms with E-state index in [2.05, 4.69) is 25.0 Å². The maximum Gasteiger partial charge on any atom is 0.471 e. The van der Waals surface area contributed by atoms with Crippen molar-refractivity contribution in [3.63, 3.8) is 0 Å². The summed E-state index contributed by atoms with van der Waals surface area (Å²) >= 11 is 0. The largest absolute Gasteiger partial charge is 0.471 e. The molecule has 1 fully saturated rings. The summed E-state index contributed by atoms with van der Waals surface area (Å²) in [4.78, 5) is 31.6. The van der Waals surface area contributed by atoms with Gasteiger partial charge in [-0.3, -0.25) is 14.7 Å². The van der Waals surface area contributed by atoms with Crippen molar-refractivity contribution in [2.24, 2.45) is 0 Å². The summed E-state index contributed by atoms with van der Waals surface area (Å²) < 4.78 is 46.8. The molecule has 1 aliphatic heterocycles. The molecule has 3 heterocycles. The van der Waals surface area contributed by atoms with Crippen LogP contribution in [0.25, 0.3) is 11.4 Å². The zero-order chi connectivity index (χ0) is 20.3. The first-order chi connectivity index (χ1) is 13.3. The summed E-state index contributed by atoms with van der Waals surface area (Å²) in [6.07, 6.45) is -4.73. The lowest BCUT2D eigenvalue weighted by Crippen LogP contribution is -2.53. The SMILES string of the molecule is O=C(NC[C@H]1COCCN1C(=O)O)c1ccc(-c2noc(C(F)(F)F)n2)cn1. The van der Waals surface area contributed by atoms with E-state index in [9.17, 15) is 22.8 Å². The quantitative estimate of drug-likeness (QED) is 0.783. The Balaban J connectivity index is 1.62. The summed E-state index contributed by atoms with van der Waals surface area (Å²) in [5.74, 6) is -2.38. The van der Waals surface area contributed by atoms with E-state index in [0.29, 0.717) is 0 Å². The molecule has 0 saturated carbocycles. The molecule has 150 valence electrons. The van der Waals surface area contributed by atoms with Crippen molar-refractivity contribution in [1.82, 2.24) is 25.3 Å². The van der Waals surface area contributed by atoms with Gasteiger partial charge >= 0.3 is 18.2 Å². The third-order valence-electron chi connectivity index (χ3n) is 3.89. The van der Waals surface area contributed by atoms with Gasteiger partial charge < -0.3 is 19.7 Å². The monoisotopic (exact) mass is 401 g/mol. The molecule has 10 nitrogen and oxygen atoms in total. The lowest BCUT2D eigenvalue weighted by molar-refractivity contribution is -0.159. The lowest BCUT2D eigenvalue weighted by Gasteiger charge is -2.33. The molecule has 1 aliphatic rings. The van der Waals surface area contributed by atoms with Gasteiger partial charge in [-0.1, -0.05) is 5.16 Å². The third kappa shape index (κ3) is 4.36. The van der Waals surface area contributed by atoms with Crippen molar-refractivity contribution in [2.75, 3.05) is 26.3 Å². The Kier molecular flexibility index (Phi) is 5.44. The van der Waals surface area contributed by atoms with Crippen LogP contribution in [0.4, 0.5) is 18.0 Å². The Bertz CT molecular complexity index is 854. The number of aromatic nitrogens is 3. The smallest absolute Gasteiger partial charge is 0.465 e. The van der Waals surface area contributed by atoms with Gasteiger partial charge in [0.1, 0.15) is 5.69 Å². The first kappa shape index (κ1) is 19.5. The van der Waals surface area contributed by atoms with Crippen LogP contribution in [0, 0.1) is 0 Å². The minimum absolute atomic E-state index is 0.0121. The zero-order valence-electron chi connectivity index (χ0n) is 14.1. The predicted octanol–water partition coefficient (Wildman–Crippen LogP) is 1.26. The average molecular weight is 401 g/mol. The molecular formula is C15H14F3N5O5. The Morgan fingerprint density at radius 1 is 1.36 bits per heavy atom. The third-order valence-corrected chi connectivity index (χ3v) is 3.89. The van der Waals surface area contributed by atoms with Crippen LogP contribution < -0.4 is 5.32 Å². The number of carbonyl (C=O) groups excluding carboxylic acids is 1. The van der Waals surface area contributed by atoms with Gasteiger partial charge in [0.25, 0.3) is 5.91 Å². The van der Waals surface area contributed by atoms with Crippen LogP contribution in [0.5, 0.6) is 0 Å². The van der Waals surface area contributed by atoms with E-state index in [4.69, 9.17) is 9.84 Å². The molecule has 0 unspecified atom stereocenters. The van der Waals surface area contributed by atoms with Gasteiger partial charge in [-0.05, 0) is 12.1 Å². The van der Waals surface area contributed by atoms with E-state index in [0.717, 1.165) is 6.20 Å². The molecule has 0 aromatic carbocycles. The van der Waals surface area contributed by atoms with E-state index >= 15 is 0 Å². The maximum atomic E-state index is 12.5. The summed E-state index contributed by atoms with van der Waals surface area (Å²) in [6, 6.07) is 2.07. The fraction of sp³-hybridized carbons (Fsp3) is 0.400. The number of amides is 2. The van der Waals surface area contributed by atoms with Crippen molar-refractivity contribution >= 4 is 12.0 Å². The average Bonchev–Trinajstić information content (AvgIpc) is 3.17. The fourth-order valence-corrected chi connectivity index (χ4v) is 2.49. The topological polar surface area (TPSA) is 131 Å². The van der Waals surface area contributed by atoms with Crippen LogP contribution in [-0.4, -0.2) is 69.5 Å². The van der Waals surface area contributed by atoms with Gasteiger partial charge in [0.05, 0.1) is 19.3 Å². The highest BCUT2D eigenvalue weighted by molar-refractivity contribution is 5.92.